The van der Waals surface area contributed by atoms with Gasteiger partial charge in [-0.25, -0.2) is 0 Å². The summed E-state index contributed by atoms with van der Waals surface area (Å²) in [6.45, 7) is 10.8. The van der Waals surface area contributed by atoms with E-state index in [0.29, 0.717) is 18.1 Å². The van der Waals surface area contributed by atoms with Crippen molar-refractivity contribution in [3.8, 4) is 0 Å². The molecule has 2 N–H and O–H groups in total. The van der Waals surface area contributed by atoms with Crippen LogP contribution in [0.3, 0.4) is 0 Å². The van der Waals surface area contributed by atoms with Crippen LogP contribution < -0.4 is 5.40 Å². The Labute approximate surface area is 125 Å². The van der Waals surface area contributed by atoms with E-state index in [9.17, 15) is 0 Å². The average Bonchev–Trinajstić information content (AvgIpc) is 3.10. The van der Waals surface area contributed by atoms with Gasteiger partial charge in [0.2, 0.25) is 0 Å². The molecule has 0 saturated carbocycles. The van der Waals surface area contributed by atoms with Crippen LogP contribution in [0.1, 0.15) is 59.3 Å². The molecule has 3 aliphatic rings. The predicted molar refractivity (Wildman–Crippen MR) is 86.1 cm³/mol. The Morgan fingerprint density at radius 2 is 1.00 bits per heavy atom. The van der Waals surface area contributed by atoms with Crippen molar-refractivity contribution in [1.82, 2.24) is 13.7 Å². The highest BCUT2D eigenvalue weighted by Gasteiger charge is 2.55. The van der Waals surface area contributed by atoms with Gasteiger partial charge in [0.15, 0.2) is 0 Å². The van der Waals surface area contributed by atoms with Gasteiger partial charge < -0.3 is 5.40 Å². The van der Waals surface area contributed by atoms with E-state index < -0.39 is 8.72 Å². The largest absolute Gasteiger partial charge is 0.372 e. The van der Waals surface area contributed by atoms with Crippen molar-refractivity contribution in [3.63, 3.8) is 0 Å². The molecule has 116 valence electrons. The molecule has 0 aliphatic carbocycles. The van der Waals surface area contributed by atoms with E-state index in [4.69, 9.17) is 5.40 Å². The molecule has 0 radical (unpaired) electrons. The summed E-state index contributed by atoms with van der Waals surface area (Å²) in [7, 11) is -2.14. The number of hydrogen-bond donors (Lipinski definition) is 1. The summed E-state index contributed by atoms with van der Waals surface area (Å²) in [5.74, 6) is 0. The lowest BCUT2D eigenvalue weighted by Crippen LogP contribution is -2.82. The van der Waals surface area contributed by atoms with E-state index in [1.165, 1.54) is 58.2 Å². The van der Waals surface area contributed by atoms with Crippen molar-refractivity contribution in [2.75, 3.05) is 19.6 Å². The topological polar surface area (TPSA) is 35.7 Å². The Morgan fingerprint density at radius 1 is 0.700 bits per heavy atom. The summed E-state index contributed by atoms with van der Waals surface area (Å²) in [4.78, 5) is 0. The van der Waals surface area contributed by atoms with Crippen molar-refractivity contribution in [2.45, 2.75) is 77.4 Å². The van der Waals surface area contributed by atoms with Gasteiger partial charge in [0, 0.05) is 18.1 Å². The second-order valence-electron chi connectivity index (χ2n) is 7.24. The van der Waals surface area contributed by atoms with Gasteiger partial charge in [-0.15, -0.1) is 0 Å². The van der Waals surface area contributed by atoms with Crippen LogP contribution in [0, 0.1) is 0 Å². The third kappa shape index (κ3) is 2.27. The Balaban J connectivity index is 1.93. The van der Waals surface area contributed by atoms with Crippen molar-refractivity contribution >= 4 is 8.72 Å². The minimum atomic E-state index is -2.14. The highest BCUT2D eigenvalue weighted by molar-refractivity contribution is 6.68. The second kappa shape index (κ2) is 5.69. The molecule has 0 aromatic heterocycles. The summed E-state index contributed by atoms with van der Waals surface area (Å²) >= 11 is 0. The lowest BCUT2D eigenvalue weighted by Gasteiger charge is -2.51. The first kappa shape index (κ1) is 15.0. The molecular formula is C15H32N4Si. The first-order valence-corrected chi connectivity index (χ1v) is 10.6. The Kier molecular flexibility index (Phi) is 4.26. The standard InChI is InChI=1S/C15H32N4Si/c1-13-7-4-10-17(13)20(16,18-11-5-8-14(18)2)19-12-6-9-15(19)3/h13-15H,4-12,16H2,1-3H3. The van der Waals surface area contributed by atoms with Crippen LogP contribution in [0.4, 0.5) is 0 Å². The molecule has 0 amide bonds. The van der Waals surface area contributed by atoms with E-state index in [1.807, 2.05) is 0 Å². The molecule has 0 aromatic rings. The van der Waals surface area contributed by atoms with Crippen molar-refractivity contribution < 1.29 is 0 Å². The zero-order valence-corrected chi connectivity index (χ0v) is 14.5. The van der Waals surface area contributed by atoms with Crippen LogP contribution in [-0.2, 0) is 0 Å². The summed E-state index contributed by atoms with van der Waals surface area (Å²) < 4.78 is 8.20. The van der Waals surface area contributed by atoms with E-state index in [1.54, 1.807) is 0 Å². The molecule has 0 bridgehead atoms. The molecule has 3 heterocycles. The van der Waals surface area contributed by atoms with Crippen LogP contribution in [0.15, 0.2) is 0 Å². The number of hydrogen-bond acceptors (Lipinski definition) is 4. The zero-order chi connectivity index (χ0) is 14.3. The Bertz CT molecular complexity index is 300. The monoisotopic (exact) mass is 296 g/mol. The van der Waals surface area contributed by atoms with E-state index >= 15 is 0 Å². The molecule has 3 rings (SSSR count). The summed E-state index contributed by atoms with van der Waals surface area (Å²) in [6.07, 6.45) is 7.98. The molecule has 3 saturated heterocycles. The maximum Gasteiger partial charge on any atom is 0.372 e. The summed E-state index contributed by atoms with van der Waals surface area (Å²) in [6, 6.07) is 2.02. The van der Waals surface area contributed by atoms with Gasteiger partial charge in [-0.2, -0.15) is 0 Å². The van der Waals surface area contributed by atoms with Gasteiger partial charge >= 0.3 is 8.72 Å². The quantitative estimate of drug-likeness (QED) is 0.806. The maximum atomic E-state index is 7.30. The molecule has 3 unspecified atom stereocenters. The van der Waals surface area contributed by atoms with Crippen LogP contribution in [0.2, 0.25) is 0 Å². The third-order valence-electron chi connectivity index (χ3n) is 5.93. The van der Waals surface area contributed by atoms with E-state index in [-0.39, 0.29) is 0 Å². The molecule has 0 aromatic carbocycles. The lowest BCUT2D eigenvalue weighted by molar-refractivity contribution is 0.225. The van der Waals surface area contributed by atoms with Crippen molar-refractivity contribution in [1.29, 1.82) is 0 Å². The highest BCUT2D eigenvalue weighted by atomic mass is 28.4. The third-order valence-corrected chi connectivity index (χ3v) is 10.5. The molecule has 5 heteroatoms. The Morgan fingerprint density at radius 3 is 1.20 bits per heavy atom. The average molecular weight is 297 g/mol. The molecule has 3 atom stereocenters. The number of nitrogens with zero attached hydrogens (tertiary/aromatic N) is 3. The van der Waals surface area contributed by atoms with Gasteiger partial charge in [-0.3, -0.25) is 13.7 Å². The molecule has 20 heavy (non-hydrogen) atoms. The van der Waals surface area contributed by atoms with Gasteiger partial charge in [0.25, 0.3) is 0 Å². The van der Waals surface area contributed by atoms with Crippen LogP contribution in [-0.4, -0.2) is 60.2 Å². The molecular weight excluding hydrogens is 264 g/mol. The molecule has 0 spiro atoms. The maximum absolute atomic E-state index is 7.30. The highest BCUT2D eigenvalue weighted by Crippen LogP contribution is 2.34. The molecule has 3 aliphatic heterocycles. The number of rotatable bonds is 3. The lowest BCUT2D eigenvalue weighted by atomic mass is 10.3. The van der Waals surface area contributed by atoms with E-state index in [2.05, 4.69) is 34.5 Å². The fraction of sp³-hybridized carbons (Fsp3) is 1.00. The fourth-order valence-corrected chi connectivity index (χ4v) is 9.55. The SMILES string of the molecule is CC1CCCN1[Si](N)(N1CCCC1C)N1CCCC1C. The smallest absolute Gasteiger partial charge is 0.314 e. The van der Waals surface area contributed by atoms with Gasteiger partial charge in [-0.05, 0) is 58.2 Å². The first-order chi connectivity index (χ1) is 9.55. The molecule has 4 nitrogen and oxygen atoms in total. The normalized spacial score (nSPS) is 40.5. The van der Waals surface area contributed by atoms with Gasteiger partial charge in [0.1, 0.15) is 0 Å². The van der Waals surface area contributed by atoms with Crippen molar-refractivity contribution in [3.05, 3.63) is 0 Å². The fourth-order valence-electron chi connectivity index (χ4n) is 4.76. The summed E-state index contributed by atoms with van der Waals surface area (Å²) in [5.41, 5.74) is 0. The molecule has 3 fully saturated rings. The second-order valence-corrected chi connectivity index (χ2v) is 10.3. The predicted octanol–water partition coefficient (Wildman–Crippen LogP) is 1.83. The van der Waals surface area contributed by atoms with Gasteiger partial charge in [0.05, 0.1) is 0 Å². The zero-order valence-electron chi connectivity index (χ0n) is 13.5. The van der Waals surface area contributed by atoms with Gasteiger partial charge in [-0.1, -0.05) is 20.8 Å². The van der Waals surface area contributed by atoms with Crippen LogP contribution in [0.25, 0.3) is 0 Å². The van der Waals surface area contributed by atoms with Crippen LogP contribution >= 0.6 is 0 Å². The van der Waals surface area contributed by atoms with E-state index in [0.717, 1.165) is 0 Å². The minimum absolute atomic E-state index is 0.673. The number of nitrogens with two attached hydrogens (primary N) is 1. The Hall–Kier alpha value is 0.0569. The summed E-state index contributed by atoms with van der Waals surface area (Å²) in [5, 5.41) is 7.30. The van der Waals surface area contributed by atoms with Crippen molar-refractivity contribution in [2.24, 2.45) is 5.40 Å². The van der Waals surface area contributed by atoms with Crippen LogP contribution in [0.5, 0.6) is 0 Å². The minimum Gasteiger partial charge on any atom is -0.314 e. The first-order valence-electron chi connectivity index (χ1n) is 8.64.